The van der Waals surface area contributed by atoms with Crippen LogP contribution in [-0.4, -0.2) is 18.2 Å². The van der Waals surface area contributed by atoms with Gasteiger partial charge in [-0.25, -0.2) is 13.6 Å². The average molecular weight is 556 g/mol. The molecule has 0 bridgehead atoms. The second-order valence-corrected chi connectivity index (χ2v) is 11.6. The number of halogens is 2. The highest BCUT2D eigenvalue weighted by molar-refractivity contribution is 7.97. The molecule has 5 rings (SSSR count). The second-order valence-electron chi connectivity index (χ2n) is 9.62. The van der Waals surface area contributed by atoms with Crippen LogP contribution in [0.1, 0.15) is 37.7 Å². The third-order valence-corrected chi connectivity index (χ3v) is 8.92. The van der Waals surface area contributed by atoms with Crippen molar-refractivity contribution in [1.82, 2.24) is 0 Å². The molecule has 0 radical (unpaired) electrons. The van der Waals surface area contributed by atoms with E-state index in [1.54, 1.807) is 36.4 Å². The molecule has 1 aliphatic rings. The van der Waals surface area contributed by atoms with Crippen LogP contribution >= 0.6 is 0 Å². The normalized spacial score (nSPS) is 14.2. The number of carbonyl (C=O) groups excluding carboxylic acids is 1. The zero-order valence-electron chi connectivity index (χ0n) is 21.9. The highest BCUT2D eigenvalue weighted by Crippen LogP contribution is 2.33. The van der Waals surface area contributed by atoms with Gasteiger partial charge in [-0.2, -0.15) is 0 Å². The van der Waals surface area contributed by atoms with Crippen molar-refractivity contribution in [2.24, 2.45) is 0 Å². The van der Waals surface area contributed by atoms with Crippen molar-refractivity contribution in [2.45, 2.75) is 52.4 Å². The number of rotatable bonds is 7. The number of hydrogen-bond donors (Lipinski definition) is 0. The van der Waals surface area contributed by atoms with Crippen molar-refractivity contribution >= 4 is 16.9 Å². The molecule has 0 amide bonds. The van der Waals surface area contributed by atoms with E-state index in [9.17, 15) is 13.6 Å². The van der Waals surface area contributed by atoms with Crippen LogP contribution in [0.15, 0.2) is 118 Å². The van der Waals surface area contributed by atoms with Gasteiger partial charge in [-0.1, -0.05) is 30.5 Å². The molecule has 202 valence electrons. The summed E-state index contributed by atoms with van der Waals surface area (Å²) >= 11 is 0. The molecule has 1 saturated carbocycles. The lowest BCUT2D eigenvalue weighted by atomic mass is 9.85. The molecule has 0 unspecified atom stereocenters. The maximum Gasteiger partial charge on any atom is 0.345 e. The molecule has 0 spiro atoms. The van der Waals surface area contributed by atoms with Gasteiger partial charge >= 0.3 is 5.97 Å². The van der Waals surface area contributed by atoms with Crippen LogP contribution in [0.5, 0.6) is 5.75 Å². The van der Waals surface area contributed by atoms with E-state index in [0.717, 1.165) is 39.5 Å². The standard InChI is InChI=1S/C34H29F2O3S/c35-27-9-15-30(16-10-27)40(31-17-11-28(36)12-18-31)32-19-13-29(14-20-32)38-25-33(37)39-34(22-5-2-6-23-34)24-21-26-7-3-1-4-8-26/h1,3-4,7-20H,2,5-6,22-23,25H2/q+1. The van der Waals surface area contributed by atoms with Gasteiger partial charge in [-0.15, -0.1) is 0 Å². The maximum absolute atomic E-state index is 13.6. The molecule has 0 saturated heterocycles. The van der Waals surface area contributed by atoms with Gasteiger partial charge < -0.3 is 9.47 Å². The molecule has 1 fully saturated rings. The average Bonchev–Trinajstić information content (AvgIpc) is 2.99. The van der Waals surface area contributed by atoms with Gasteiger partial charge in [0.1, 0.15) is 17.4 Å². The summed E-state index contributed by atoms with van der Waals surface area (Å²) in [5.74, 6) is 5.86. The van der Waals surface area contributed by atoms with Crippen molar-refractivity contribution < 1.29 is 23.0 Å². The number of ether oxygens (including phenoxy) is 2. The Balaban J connectivity index is 1.27. The van der Waals surface area contributed by atoms with Gasteiger partial charge in [0, 0.05) is 5.56 Å². The first-order valence-electron chi connectivity index (χ1n) is 13.3. The molecule has 0 N–H and O–H groups in total. The fourth-order valence-corrected chi connectivity index (χ4v) is 6.74. The Morgan fingerprint density at radius 2 is 1.25 bits per heavy atom. The fraction of sp³-hybridized carbons (Fsp3) is 0.206. The summed E-state index contributed by atoms with van der Waals surface area (Å²) in [6.45, 7) is -0.226. The van der Waals surface area contributed by atoms with Gasteiger partial charge in [0.05, 0.1) is 10.9 Å². The van der Waals surface area contributed by atoms with E-state index >= 15 is 0 Å². The number of benzene rings is 4. The smallest absolute Gasteiger partial charge is 0.345 e. The molecule has 6 heteroatoms. The lowest BCUT2D eigenvalue weighted by Gasteiger charge is -2.32. The Morgan fingerprint density at radius 1 is 0.725 bits per heavy atom. The van der Waals surface area contributed by atoms with Crippen LogP contribution in [0.4, 0.5) is 8.78 Å². The summed E-state index contributed by atoms with van der Waals surface area (Å²) in [6.07, 6.45) is 4.45. The molecule has 4 aromatic rings. The van der Waals surface area contributed by atoms with Crippen molar-refractivity contribution in [3.05, 3.63) is 120 Å². The predicted octanol–water partition coefficient (Wildman–Crippen LogP) is 7.74. The Kier molecular flexibility index (Phi) is 8.83. The highest BCUT2D eigenvalue weighted by atomic mass is 32.2. The van der Waals surface area contributed by atoms with Crippen LogP contribution < -0.4 is 4.74 Å². The molecule has 0 heterocycles. The van der Waals surface area contributed by atoms with Gasteiger partial charge in [0.25, 0.3) is 0 Å². The summed E-state index contributed by atoms with van der Waals surface area (Å²) in [5, 5.41) is 0. The van der Waals surface area contributed by atoms with Gasteiger partial charge in [0.15, 0.2) is 26.9 Å². The predicted molar refractivity (Wildman–Crippen MR) is 152 cm³/mol. The summed E-state index contributed by atoms with van der Waals surface area (Å²) in [6, 6.07) is 29.7. The minimum atomic E-state index is -0.795. The van der Waals surface area contributed by atoms with Crippen LogP contribution in [0, 0.1) is 23.5 Å². The number of carbonyl (C=O) groups is 1. The number of esters is 1. The largest absolute Gasteiger partial charge is 0.482 e. The van der Waals surface area contributed by atoms with Crippen LogP contribution in [0.25, 0.3) is 0 Å². The van der Waals surface area contributed by atoms with Crippen LogP contribution in [0.3, 0.4) is 0 Å². The summed E-state index contributed by atoms with van der Waals surface area (Å²) in [4.78, 5) is 15.6. The van der Waals surface area contributed by atoms with Crippen LogP contribution in [-0.2, 0) is 20.4 Å². The summed E-state index contributed by atoms with van der Waals surface area (Å²) < 4.78 is 38.9. The molecule has 0 aromatic heterocycles. The second kappa shape index (κ2) is 12.8. The summed E-state index contributed by atoms with van der Waals surface area (Å²) in [7, 11) is -0.577. The molecule has 0 atom stereocenters. The first-order chi connectivity index (χ1) is 19.5. The molecule has 3 nitrogen and oxygen atoms in total. The van der Waals surface area contributed by atoms with Crippen molar-refractivity contribution in [3.8, 4) is 17.6 Å². The topological polar surface area (TPSA) is 35.5 Å². The minimum absolute atomic E-state index is 0.226. The van der Waals surface area contributed by atoms with E-state index in [-0.39, 0.29) is 18.2 Å². The number of hydrogen-bond acceptors (Lipinski definition) is 3. The zero-order valence-corrected chi connectivity index (χ0v) is 22.8. The molecular formula is C34H29F2O3S+. The van der Waals surface area contributed by atoms with Crippen molar-refractivity contribution in [3.63, 3.8) is 0 Å². The third-order valence-electron chi connectivity index (χ3n) is 6.69. The minimum Gasteiger partial charge on any atom is -0.482 e. The maximum atomic E-state index is 13.6. The molecule has 40 heavy (non-hydrogen) atoms. The van der Waals surface area contributed by atoms with Gasteiger partial charge in [0.2, 0.25) is 0 Å². The Morgan fingerprint density at radius 3 is 1.80 bits per heavy atom. The van der Waals surface area contributed by atoms with Gasteiger partial charge in [-0.05, 0) is 117 Å². The lowest BCUT2D eigenvalue weighted by molar-refractivity contribution is -0.159. The Labute approximate surface area is 236 Å². The van der Waals surface area contributed by atoms with Crippen molar-refractivity contribution in [2.75, 3.05) is 6.61 Å². The van der Waals surface area contributed by atoms with E-state index < -0.39 is 22.5 Å². The lowest BCUT2D eigenvalue weighted by Crippen LogP contribution is -2.37. The first-order valence-corrected chi connectivity index (χ1v) is 14.5. The fourth-order valence-electron chi connectivity index (χ4n) is 4.69. The molecule has 4 aromatic carbocycles. The Hall–Kier alpha value is -4.08. The Bertz CT molecular complexity index is 1420. The SMILES string of the molecule is O=C(COc1ccc([S+](c2ccc(F)cc2)c2ccc(F)cc2)cc1)OC1(C#Cc2ccccc2)CCCCC1. The monoisotopic (exact) mass is 555 g/mol. The van der Waals surface area contributed by atoms with E-state index in [0.29, 0.717) is 18.6 Å². The van der Waals surface area contributed by atoms with Crippen LogP contribution in [0.2, 0.25) is 0 Å². The first kappa shape index (κ1) is 27.5. The zero-order chi connectivity index (χ0) is 27.8. The van der Waals surface area contributed by atoms with E-state index in [1.807, 2.05) is 42.5 Å². The molecular weight excluding hydrogens is 526 g/mol. The van der Waals surface area contributed by atoms with E-state index in [2.05, 4.69) is 11.8 Å². The molecule has 1 aliphatic carbocycles. The summed E-state index contributed by atoms with van der Waals surface area (Å²) in [5.41, 5.74) is 0.0944. The van der Waals surface area contributed by atoms with E-state index in [1.165, 1.54) is 24.3 Å². The quantitative estimate of drug-likeness (QED) is 0.133. The molecule has 0 aliphatic heterocycles. The van der Waals surface area contributed by atoms with E-state index in [4.69, 9.17) is 9.47 Å². The third kappa shape index (κ3) is 7.11. The highest BCUT2D eigenvalue weighted by Gasteiger charge is 2.34. The van der Waals surface area contributed by atoms with Crippen molar-refractivity contribution in [1.29, 1.82) is 0 Å². The van der Waals surface area contributed by atoms with Gasteiger partial charge in [-0.3, -0.25) is 0 Å².